The van der Waals surface area contributed by atoms with Gasteiger partial charge in [-0.3, -0.25) is 4.79 Å². The van der Waals surface area contributed by atoms with Gasteiger partial charge in [0.2, 0.25) is 0 Å². The summed E-state index contributed by atoms with van der Waals surface area (Å²) in [5, 5.41) is 3.08. The molecule has 1 N–H and O–H groups in total. The zero-order chi connectivity index (χ0) is 11.4. The molecule has 1 aromatic rings. The van der Waals surface area contributed by atoms with E-state index in [2.05, 4.69) is 10.1 Å². The fourth-order valence-electron chi connectivity index (χ4n) is 1.81. The van der Waals surface area contributed by atoms with Crippen molar-refractivity contribution in [2.75, 3.05) is 13.7 Å². The van der Waals surface area contributed by atoms with Gasteiger partial charge in [-0.15, -0.1) is 0 Å². The number of rotatable bonds is 3. The van der Waals surface area contributed by atoms with Crippen molar-refractivity contribution in [1.82, 2.24) is 5.32 Å². The van der Waals surface area contributed by atoms with Crippen molar-refractivity contribution in [2.45, 2.75) is 18.6 Å². The SMILES string of the molecule is COC(=O)[C@@H]1C[C@@H](Oc2ccccc2)CN1. The molecule has 2 rings (SSSR count). The Bertz CT molecular complexity index is 353. The zero-order valence-corrected chi connectivity index (χ0v) is 9.18. The second-order valence-corrected chi connectivity index (χ2v) is 3.77. The van der Waals surface area contributed by atoms with Crippen LogP contribution in [0.15, 0.2) is 30.3 Å². The van der Waals surface area contributed by atoms with Crippen molar-refractivity contribution in [2.24, 2.45) is 0 Å². The Kier molecular flexibility index (Phi) is 3.41. The fourth-order valence-corrected chi connectivity index (χ4v) is 1.81. The summed E-state index contributed by atoms with van der Waals surface area (Å²) in [6, 6.07) is 9.37. The molecule has 1 aliphatic heterocycles. The molecule has 0 aliphatic carbocycles. The smallest absolute Gasteiger partial charge is 0.323 e. The van der Waals surface area contributed by atoms with Gasteiger partial charge < -0.3 is 14.8 Å². The Labute approximate surface area is 94.6 Å². The molecule has 2 atom stereocenters. The summed E-state index contributed by atoms with van der Waals surface area (Å²) in [6.07, 6.45) is 0.688. The van der Waals surface area contributed by atoms with Crippen molar-refractivity contribution < 1.29 is 14.3 Å². The number of esters is 1. The molecule has 1 fully saturated rings. The van der Waals surface area contributed by atoms with E-state index in [0.717, 1.165) is 5.75 Å². The lowest BCUT2D eigenvalue weighted by molar-refractivity contribution is -0.142. The molecule has 1 saturated heterocycles. The van der Waals surface area contributed by atoms with Crippen molar-refractivity contribution in [1.29, 1.82) is 0 Å². The average molecular weight is 221 g/mol. The summed E-state index contributed by atoms with van der Waals surface area (Å²) < 4.78 is 10.4. The molecule has 4 nitrogen and oxygen atoms in total. The van der Waals surface area contributed by atoms with Gasteiger partial charge in [-0.05, 0) is 12.1 Å². The number of carbonyl (C=O) groups is 1. The third kappa shape index (κ3) is 2.52. The van der Waals surface area contributed by atoms with Crippen molar-refractivity contribution >= 4 is 5.97 Å². The molecule has 1 heterocycles. The standard InChI is InChI=1S/C12H15NO3/c1-15-12(14)11-7-10(8-13-11)16-9-5-3-2-4-6-9/h2-6,10-11,13H,7-8H2,1H3/t10-,11+/m1/s1. The van der Waals surface area contributed by atoms with E-state index in [1.54, 1.807) is 0 Å². The van der Waals surface area contributed by atoms with Gasteiger partial charge in [-0.1, -0.05) is 18.2 Å². The van der Waals surface area contributed by atoms with Crippen LogP contribution in [0, 0.1) is 0 Å². The molecular weight excluding hydrogens is 206 g/mol. The minimum atomic E-state index is -0.237. The molecule has 0 bridgehead atoms. The third-order valence-corrected chi connectivity index (χ3v) is 2.62. The lowest BCUT2D eigenvalue weighted by Crippen LogP contribution is -2.31. The number of carbonyl (C=O) groups excluding carboxylic acids is 1. The highest BCUT2D eigenvalue weighted by Crippen LogP contribution is 2.17. The normalized spacial score (nSPS) is 24.1. The third-order valence-electron chi connectivity index (χ3n) is 2.62. The van der Waals surface area contributed by atoms with Crippen LogP contribution in [0.25, 0.3) is 0 Å². The zero-order valence-electron chi connectivity index (χ0n) is 9.18. The Morgan fingerprint density at radius 3 is 2.81 bits per heavy atom. The maximum Gasteiger partial charge on any atom is 0.323 e. The van der Waals surface area contributed by atoms with Gasteiger partial charge in [0.25, 0.3) is 0 Å². The van der Waals surface area contributed by atoms with Crippen LogP contribution in [0.1, 0.15) is 6.42 Å². The maximum absolute atomic E-state index is 11.3. The first-order valence-electron chi connectivity index (χ1n) is 5.32. The van der Waals surface area contributed by atoms with Gasteiger partial charge in [-0.2, -0.15) is 0 Å². The van der Waals surface area contributed by atoms with Crippen molar-refractivity contribution in [3.8, 4) is 5.75 Å². The predicted molar refractivity (Wildman–Crippen MR) is 59.3 cm³/mol. The van der Waals surface area contributed by atoms with Gasteiger partial charge in [0.05, 0.1) is 7.11 Å². The number of hydrogen-bond acceptors (Lipinski definition) is 4. The molecule has 0 radical (unpaired) electrons. The Hall–Kier alpha value is -1.55. The highest BCUT2D eigenvalue weighted by atomic mass is 16.5. The van der Waals surface area contributed by atoms with Crippen molar-refractivity contribution in [3.63, 3.8) is 0 Å². The van der Waals surface area contributed by atoms with Crippen LogP contribution in [-0.2, 0) is 9.53 Å². The first-order chi connectivity index (χ1) is 7.79. The first-order valence-corrected chi connectivity index (χ1v) is 5.32. The number of hydrogen-bond donors (Lipinski definition) is 1. The Morgan fingerprint density at radius 1 is 1.38 bits per heavy atom. The van der Waals surface area contributed by atoms with E-state index < -0.39 is 0 Å². The van der Waals surface area contributed by atoms with Crippen LogP contribution in [0.2, 0.25) is 0 Å². The van der Waals surface area contributed by atoms with Gasteiger partial charge >= 0.3 is 5.97 Å². The fraction of sp³-hybridized carbons (Fsp3) is 0.417. The van der Waals surface area contributed by atoms with Crippen LogP contribution in [-0.4, -0.2) is 31.8 Å². The average Bonchev–Trinajstić information content (AvgIpc) is 2.78. The summed E-state index contributed by atoms with van der Waals surface area (Å²) in [5.74, 6) is 0.610. The lowest BCUT2D eigenvalue weighted by atomic mass is 10.2. The molecule has 0 aromatic heterocycles. The number of ether oxygens (including phenoxy) is 2. The van der Waals surface area contributed by atoms with Crippen LogP contribution in [0.5, 0.6) is 5.75 Å². The topological polar surface area (TPSA) is 47.6 Å². The molecule has 1 aliphatic rings. The summed E-state index contributed by atoms with van der Waals surface area (Å²) in [7, 11) is 1.40. The summed E-state index contributed by atoms with van der Waals surface area (Å²) in [5.41, 5.74) is 0. The minimum absolute atomic E-state index is 0.0338. The lowest BCUT2D eigenvalue weighted by Gasteiger charge is -2.12. The van der Waals surface area contributed by atoms with Gasteiger partial charge in [-0.25, -0.2) is 0 Å². The second kappa shape index (κ2) is 4.99. The van der Waals surface area contributed by atoms with E-state index in [1.165, 1.54) is 7.11 Å². The van der Waals surface area contributed by atoms with Gasteiger partial charge in [0, 0.05) is 13.0 Å². The number of methoxy groups -OCH3 is 1. The van der Waals surface area contributed by atoms with Crippen molar-refractivity contribution in [3.05, 3.63) is 30.3 Å². The summed E-state index contributed by atoms with van der Waals surface area (Å²) >= 11 is 0. The molecule has 1 aromatic carbocycles. The second-order valence-electron chi connectivity index (χ2n) is 3.77. The maximum atomic E-state index is 11.3. The minimum Gasteiger partial charge on any atom is -0.489 e. The largest absolute Gasteiger partial charge is 0.489 e. The number of para-hydroxylation sites is 1. The van der Waals surface area contributed by atoms with E-state index in [4.69, 9.17) is 4.74 Å². The molecule has 0 spiro atoms. The highest BCUT2D eigenvalue weighted by molar-refractivity contribution is 5.76. The molecule has 16 heavy (non-hydrogen) atoms. The predicted octanol–water partition coefficient (Wildman–Crippen LogP) is 0.969. The van der Waals surface area contributed by atoms with E-state index in [9.17, 15) is 4.79 Å². The first kappa shape index (κ1) is 11.0. The molecule has 0 amide bonds. The van der Waals surface area contributed by atoms with Gasteiger partial charge in [0.15, 0.2) is 0 Å². The quantitative estimate of drug-likeness (QED) is 0.773. The molecule has 0 saturated carbocycles. The van der Waals surface area contributed by atoms with E-state index in [0.29, 0.717) is 13.0 Å². The van der Waals surface area contributed by atoms with Crippen LogP contribution in [0.3, 0.4) is 0 Å². The van der Waals surface area contributed by atoms with Gasteiger partial charge in [0.1, 0.15) is 17.9 Å². The molecule has 4 heteroatoms. The molecule has 86 valence electrons. The summed E-state index contributed by atoms with van der Waals surface area (Å²) in [6.45, 7) is 0.675. The van der Waals surface area contributed by atoms with E-state index in [1.807, 2.05) is 30.3 Å². The van der Waals surface area contributed by atoms with Crippen LogP contribution < -0.4 is 10.1 Å². The Balaban J connectivity index is 1.88. The molecule has 0 unspecified atom stereocenters. The molecular formula is C12H15NO3. The van der Waals surface area contributed by atoms with E-state index in [-0.39, 0.29) is 18.1 Å². The van der Waals surface area contributed by atoms with Crippen LogP contribution in [0.4, 0.5) is 0 Å². The highest BCUT2D eigenvalue weighted by Gasteiger charge is 2.31. The monoisotopic (exact) mass is 221 g/mol. The number of benzene rings is 1. The van der Waals surface area contributed by atoms with Crippen LogP contribution >= 0.6 is 0 Å². The number of nitrogens with one attached hydrogen (secondary N) is 1. The summed E-state index contributed by atoms with van der Waals surface area (Å²) in [4.78, 5) is 11.3. The van der Waals surface area contributed by atoms with E-state index >= 15 is 0 Å². The Morgan fingerprint density at radius 2 is 2.12 bits per heavy atom.